The predicted molar refractivity (Wildman–Crippen MR) is 74.1 cm³/mol. The lowest BCUT2D eigenvalue weighted by Crippen LogP contribution is -2.40. The van der Waals surface area contributed by atoms with Gasteiger partial charge in [0.25, 0.3) is 11.9 Å². The lowest BCUT2D eigenvalue weighted by molar-refractivity contribution is 0.0640. The highest BCUT2D eigenvalue weighted by Gasteiger charge is 2.30. The fourth-order valence-corrected chi connectivity index (χ4v) is 2.70. The summed E-state index contributed by atoms with van der Waals surface area (Å²) < 4.78 is 12.7. The van der Waals surface area contributed by atoms with E-state index in [0.29, 0.717) is 25.6 Å². The number of ether oxygens (including phenoxy) is 1. The van der Waals surface area contributed by atoms with Crippen LogP contribution in [0.4, 0.5) is 0 Å². The molecule has 3 heterocycles. The molecule has 0 bridgehead atoms. The van der Waals surface area contributed by atoms with Gasteiger partial charge in [-0.15, -0.1) is 10.2 Å². The number of rotatable bonds is 3. The maximum atomic E-state index is 12.5. The first-order valence-electron chi connectivity index (χ1n) is 7.02. The minimum atomic E-state index is -0.153. The maximum absolute atomic E-state index is 12.5. The van der Waals surface area contributed by atoms with Crippen molar-refractivity contribution in [3.8, 4) is 5.95 Å². The van der Waals surface area contributed by atoms with Crippen LogP contribution in [0.3, 0.4) is 0 Å². The van der Waals surface area contributed by atoms with Gasteiger partial charge in [0.2, 0.25) is 0 Å². The number of furan rings is 1. The highest BCUT2D eigenvalue weighted by molar-refractivity contribution is 5.91. The fraction of sp³-hybridized carbons (Fsp3) is 0.500. The molecule has 0 saturated heterocycles. The number of carbonyl (C=O) groups excluding carboxylic acids is 1. The van der Waals surface area contributed by atoms with Gasteiger partial charge in [-0.2, -0.15) is 0 Å². The summed E-state index contributed by atoms with van der Waals surface area (Å²) in [4.78, 5) is 14.2. The van der Waals surface area contributed by atoms with Crippen molar-refractivity contribution >= 4 is 5.91 Å². The summed E-state index contributed by atoms with van der Waals surface area (Å²) in [5.74, 6) is 2.18. The van der Waals surface area contributed by atoms with Crippen molar-refractivity contribution in [3.05, 3.63) is 29.5 Å². The van der Waals surface area contributed by atoms with Crippen molar-refractivity contribution in [2.75, 3.05) is 13.2 Å². The van der Waals surface area contributed by atoms with Crippen molar-refractivity contribution in [1.82, 2.24) is 19.7 Å². The Morgan fingerprint density at radius 3 is 3.05 bits per heavy atom. The molecule has 7 heteroatoms. The summed E-state index contributed by atoms with van der Waals surface area (Å²) in [7, 11) is 0. The third-order valence-corrected chi connectivity index (χ3v) is 3.56. The summed E-state index contributed by atoms with van der Waals surface area (Å²) in [6.45, 7) is 7.39. The van der Waals surface area contributed by atoms with E-state index >= 15 is 0 Å². The van der Waals surface area contributed by atoms with Crippen LogP contribution in [-0.4, -0.2) is 38.7 Å². The summed E-state index contributed by atoms with van der Waals surface area (Å²) >= 11 is 0. The second-order valence-corrected chi connectivity index (χ2v) is 5.12. The van der Waals surface area contributed by atoms with Gasteiger partial charge in [0.1, 0.15) is 5.82 Å². The van der Waals surface area contributed by atoms with E-state index in [0.717, 1.165) is 11.6 Å². The number of hydrogen-bond acceptors (Lipinski definition) is 5. The number of carbonyl (C=O) groups is 1. The minimum absolute atomic E-state index is 0.147. The first-order valence-corrected chi connectivity index (χ1v) is 7.02. The molecule has 0 saturated carbocycles. The van der Waals surface area contributed by atoms with Crippen LogP contribution in [0.25, 0.3) is 0 Å². The standard InChI is InChI=1S/C14H18N4O3/c1-4-20-13-6-5-11(21-13)14(19)17-7-9(2)18-10(3)15-16-12(18)8-17/h5-6,9H,4,7-8H2,1-3H3/t9-/m0/s1. The lowest BCUT2D eigenvalue weighted by atomic mass is 10.2. The summed E-state index contributed by atoms with van der Waals surface area (Å²) in [5, 5.41) is 8.21. The molecule has 0 aliphatic carbocycles. The van der Waals surface area contributed by atoms with E-state index in [1.807, 2.05) is 20.8 Å². The average Bonchev–Trinajstić information content (AvgIpc) is 3.06. The van der Waals surface area contributed by atoms with Crippen LogP contribution in [0.2, 0.25) is 0 Å². The molecule has 0 radical (unpaired) electrons. The monoisotopic (exact) mass is 290 g/mol. The van der Waals surface area contributed by atoms with Crippen LogP contribution in [0, 0.1) is 6.92 Å². The highest BCUT2D eigenvalue weighted by atomic mass is 16.6. The van der Waals surface area contributed by atoms with Crippen molar-refractivity contribution in [3.63, 3.8) is 0 Å². The smallest absolute Gasteiger partial charge is 0.290 e. The van der Waals surface area contributed by atoms with Gasteiger partial charge in [-0.25, -0.2) is 0 Å². The molecule has 112 valence electrons. The zero-order chi connectivity index (χ0) is 15.0. The van der Waals surface area contributed by atoms with E-state index in [9.17, 15) is 4.79 Å². The predicted octanol–water partition coefficient (Wildman–Crippen LogP) is 1.80. The number of aromatic nitrogens is 3. The van der Waals surface area contributed by atoms with Crippen LogP contribution in [0.5, 0.6) is 5.95 Å². The Bertz CT molecular complexity index is 661. The SMILES string of the molecule is CCOc1ccc(C(=O)N2Cc3nnc(C)n3[C@@H](C)C2)o1. The third-order valence-electron chi connectivity index (χ3n) is 3.56. The van der Waals surface area contributed by atoms with Crippen LogP contribution >= 0.6 is 0 Å². The zero-order valence-corrected chi connectivity index (χ0v) is 12.4. The van der Waals surface area contributed by atoms with Crippen molar-refractivity contribution in [1.29, 1.82) is 0 Å². The molecule has 2 aromatic heterocycles. The number of nitrogens with zero attached hydrogens (tertiary/aromatic N) is 4. The van der Waals surface area contributed by atoms with Gasteiger partial charge in [-0.3, -0.25) is 4.79 Å². The van der Waals surface area contributed by atoms with Gasteiger partial charge >= 0.3 is 0 Å². The highest BCUT2D eigenvalue weighted by Crippen LogP contribution is 2.24. The topological polar surface area (TPSA) is 73.4 Å². The molecule has 21 heavy (non-hydrogen) atoms. The molecule has 2 aromatic rings. The largest absolute Gasteiger partial charge is 0.465 e. The summed E-state index contributed by atoms with van der Waals surface area (Å²) in [5.41, 5.74) is 0. The molecule has 1 amide bonds. The molecule has 1 atom stereocenters. The second kappa shape index (κ2) is 5.23. The molecule has 0 unspecified atom stereocenters. The Hall–Kier alpha value is -2.31. The van der Waals surface area contributed by atoms with Crippen LogP contribution in [0.1, 0.15) is 42.1 Å². The van der Waals surface area contributed by atoms with E-state index in [1.165, 1.54) is 0 Å². The first-order chi connectivity index (χ1) is 10.1. The van der Waals surface area contributed by atoms with Gasteiger partial charge in [0.15, 0.2) is 11.6 Å². The van der Waals surface area contributed by atoms with Crippen LogP contribution in [0.15, 0.2) is 16.5 Å². The number of fused-ring (bicyclic) bond motifs is 1. The molecule has 1 aliphatic rings. The molecule has 3 rings (SSSR count). The Morgan fingerprint density at radius 2 is 2.29 bits per heavy atom. The first kappa shape index (κ1) is 13.7. The fourth-order valence-electron chi connectivity index (χ4n) is 2.70. The van der Waals surface area contributed by atoms with Gasteiger partial charge in [-0.1, -0.05) is 0 Å². The van der Waals surface area contributed by atoms with Gasteiger partial charge in [0, 0.05) is 12.6 Å². The van der Waals surface area contributed by atoms with Crippen molar-refractivity contribution in [2.45, 2.75) is 33.4 Å². The quantitative estimate of drug-likeness (QED) is 0.861. The van der Waals surface area contributed by atoms with E-state index < -0.39 is 0 Å². The number of amides is 1. The zero-order valence-electron chi connectivity index (χ0n) is 12.4. The van der Waals surface area contributed by atoms with Gasteiger partial charge in [-0.05, 0) is 26.8 Å². The van der Waals surface area contributed by atoms with Crippen LogP contribution in [-0.2, 0) is 6.54 Å². The molecular formula is C14H18N4O3. The molecule has 0 spiro atoms. The van der Waals surface area contributed by atoms with Crippen molar-refractivity contribution < 1.29 is 13.9 Å². The van der Waals surface area contributed by atoms with E-state index in [1.54, 1.807) is 17.0 Å². The lowest BCUT2D eigenvalue weighted by Gasteiger charge is -2.31. The van der Waals surface area contributed by atoms with E-state index in [2.05, 4.69) is 14.8 Å². The number of hydrogen-bond donors (Lipinski definition) is 0. The molecule has 0 fully saturated rings. The second-order valence-electron chi connectivity index (χ2n) is 5.12. The Kier molecular flexibility index (Phi) is 3.40. The third kappa shape index (κ3) is 2.39. The Balaban J connectivity index is 1.80. The van der Waals surface area contributed by atoms with E-state index in [4.69, 9.17) is 9.15 Å². The average molecular weight is 290 g/mol. The molecule has 7 nitrogen and oxygen atoms in total. The van der Waals surface area contributed by atoms with Crippen molar-refractivity contribution in [2.24, 2.45) is 0 Å². The Labute approximate surface area is 122 Å². The van der Waals surface area contributed by atoms with Gasteiger partial charge < -0.3 is 18.6 Å². The minimum Gasteiger partial charge on any atom is -0.465 e. The summed E-state index contributed by atoms with van der Waals surface area (Å²) in [6, 6.07) is 3.45. The molecule has 0 N–H and O–H groups in total. The molecule has 0 aromatic carbocycles. The molecule has 1 aliphatic heterocycles. The molecular weight excluding hydrogens is 272 g/mol. The Morgan fingerprint density at radius 1 is 1.48 bits per heavy atom. The maximum Gasteiger partial charge on any atom is 0.290 e. The number of aryl methyl sites for hydroxylation is 1. The normalized spacial score (nSPS) is 17.7. The van der Waals surface area contributed by atoms with Gasteiger partial charge in [0.05, 0.1) is 19.2 Å². The van der Waals surface area contributed by atoms with Crippen LogP contribution < -0.4 is 4.74 Å². The van der Waals surface area contributed by atoms with E-state index in [-0.39, 0.29) is 17.7 Å². The summed E-state index contributed by atoms with van der Waals surface area (Å²) in [6.07, 6.45) is 0.